The van der Waals surface area contributed by atoms with E-state index in [4.69, 9.17) is 0 Å². The fourth-order valence-electron chi connectivity index (χ4n) is 1.47. The number of ketones is 1. The Labute approximate surface area is 91.7 Å². The highest BCUT2D eigenvalue weighted by Gasteiger charge is 2.19. The van der Waals surface area contributed by atoms with Crippen molar-refractivity contribution in [2.75, 3.05) is 11.6 Å². The van der Waals surface area contributed by atoms with Gasteiger partial charge in [-0.1, -0.05) is 11.8 Å². The zero-order chi connectivity index (χ0) is 10.8. The average Bonchev–Trinajstić information content (AvgIpc) is 2.80. The molecule has 6 heteroatoms. The molecule has 0 aromatic carbocycles. The van der Waals surface area contributed by atoms with Crippen molar-refractivity contribution < 1.29 is 4.79 Å². The molecule has 0 bridgehead atoms. The molecule has 0 spiro atoms. The summed E-state index contributed by atoms with van der Waals surface area (Å²) in [7, 11) is 0. The standard InChI is InChI=1S/C9H12N4OS/c1-5-6(3-4-7(5)14)10-8-11-9(15-2)13-12-8/h3-4H2,1-2H3,(H2,10,11,12,13). The third-order valence-electron chi connectivity index (χ3n) is 2.39. The maximum Gasteiger partial charge on any atom is 0.223 e. The van der Waals surface area contributed by atoms with E-state index in [-0.39, 0.29) is 5.78 Å². The fourth-order valence-corrected chi connectivity index (χ4v) is 1.79. The molecular formula is C9H12N4OS. The van der Waals surface area contributed by atoms with Gasteiger partial charge in [-0.05, 0) is 19.6 Å². The molecule has 0 aliphatic heterocycles. The number of rotatable bonds is 3. The number of aromatic amines is 1. The fraction of sp³-hybridized carbons (Fsp3) is 0.444. The first-order valence-electron chi connectivity index (χ1n) is 4.67. The van der Waals surface area contributed by atoms with Crippen LogP contribution in [-0.4, -0.2) is 27.2 Å². The van der Waals surface area contributed by atoms with Gasteiger partial charge in [0.25, 0.3) is 0 Å². The summed E-state index contributed by atoms with van der Waals surface area (Å²) >= 11 is 1.47. The summed E-state index contributed by atoms with van der Waals surface area (Å²) in [5, 5.41) is 10.5. The van der Waals surface area contributed by atoms with Gasteiger partial charge in [0, 0.05) is 17.7 Å². The van der Waals surface area contributed by atoms with Crippen LogP contribution < -0.4 is 5.32 Å². The summed E-state index contributed by atoms with van der Waals surface area (Å²) in [6, 6.07) is 0. The Kier molecular flexibility index (Phi) is 2.77. The van der Waals surface area contributed by atoms with Crippen LogP contribution in [0, 0.1) is 0 Å². The monoisotopic (exact) mass is 224 g/mol. The predicted octanol–water partition coefficient (Wildman–Crippen LogP) is 1.58. The van der Waals surface area contributed by atoms with Crippen molar-refractivity contribution in [1.29, 1.82) is 0 Å². The largest absolute Gasteiger partial charge is 0.328 e. The zero-order valence-corrected chi connectivity index (χ0v) is 9.44. The molecule has 0 saturated heterocycles. The molecule has 0 fully saturated rings. The van der Waals surface area contributed by atoms with Crippen LogP contribution in [0.1, 0.15) is 19.8 Å². The van der Waals surface area contributed by atoms with Crippen molar-refractivity contribution in [3.8, 4) is 0 Å². The molecule has 80 valence electrons. The lowest BCUT2D eigenvalue weighted by atomic mass is 10.2. The summed E-state index contributed by atoms with van der Waals surface area (Å²) in [4.78, 5) is 15.5. The molecule has 0 atom stereocenters. The van der Waals surface area contributed by atoms with Crippen molar-refractivity contribution in [2.45, 2.75) is 24.9 Å². The Morgan fingerprint density at radius 2 is 2.27 bits per heavy atom. The molecule has 2 rings (SSSR count). The van der Waals surface area contributed by atoms with E-state index in [2.05, 4.69) is 20.5 Å². The van der Waals surface area contributed by atoms with E-state index in [1.165, 1.54) is 11.8 Å². The topological polar surface area (TPSA) is 70.7 Å². The van der Waals surface area contributed by atoms with Gasteiger partial charge in [-0.2, -0.15) is 4.98 Å². The molecule has 15 heavy (non-hydrogen) atoms. The summed E-state index contributed by atoms with van der Waals surface area (Å²) in [5.41, 5.74) is 1.75. The maximum atomic E-state index is 11.3. The third kappa shape index (κ3) is 2.04. The van der Waals surface area contributed by atoms with Crippen molar-refractivity contribution in [2.24, 2.45) is 0 Å². The lowest BCUT2D eigenvalue weighted by molar-refractivity contribution is -0.114. The number of nitrogens with zero attached hydrogens (tertiary/aromatic N) is 2. The van der Waals surface area contributed by atoms with Crippen LogP contribution in [0.3, 0.4) is 0 Å². The van der Waals surface area contributed by atoms with E-state index < -0.39 is 0 Å². The first-order chi connectivity index (χ1) is 7.20. The third-order valence-corrected chi connectivity index (χ3v) is 2.94. The Hall–Kier alpha value is -1.30. The van der Waals surface area contributed by atoms with E-state index in [1.54, 1.807) is 0 Å². The average molecular weight is 224 g/mol. The summed E-state index contributed by atoms with van der Waals surface area (Å²) < 4.78 is 0. The highest BCUT2D eigenvalue weighted by molar-refractivity contribution is 7.98. The SMILES string of the molecule is CSc1n[nH]c(NC2=C(C)C(=O)CC2)n1. The molecule has 1 aromatic rings. The van der Waals surface area contributed by atoms with Crippen molar-refractivity contribution in [3.63, 3.8) is 0 Å². The summed E-state index contributed by atoms with van der Waals surface area (Å²) in [6.07, 6.45) is 3.27. The van der Waals surface area contributed by atoms with Crippen LogP contribution in [0.25, 0.3) is 0 Å². The number of allylic oxidation sites excluding steroid dienone is 2. The second kappa shape index (κ2) is 4.06. The van der Waals surface area contributed by atoms with Gasteiger partial charge in [0.15, 0.2) is 5.78 Å². The van der Waals surface area contributed by atoms with Crippen LogP contribution in [0.15, 0.2) is 16.4 Å². The van der Waals surface area contributed by atoms with Gasteiger partial charge in [-0.25, -0.2) is 5.10 Å². The molecule has 0 saturated carbocycles. The number of hydrogen-bond donors (Lipinski definition) is 2. The van der Waals surface area contributed by atoms with Crippen LogP contribution in [0.2, 0.25) is 0 Å². The Bertz CT molecular complexity index is 424. The Morgan fingerprint density at radius 3 is 2.80 bits per heavy atom. The highest BCUT2D eigenvalue weighted by atomic mass is 32.2. The van der Waals surface area contributed by atoms with Crippen LogP contribution in [0.4, 0.5) is 5.95 Å². The minimum Gasteiger partial charge on any atom is -0.328 e. The van der Waals surface area contributed by atoms with Crippen molar-refractivity contribution >= 4 is 23.5 Å². The lowest BCUT2D eigenvalue weighted by Crippen LogP contribution is -2.01. The molecule has 1 heterocycles. The number of carbonyl (C=O) groups is 1. The van der Waals surface area contributed by atoms with Gasteiger partial charge in [0.05, 0.1) is 0 Å². The van der Waals surface area contributed by atoms with Crippen molar-refractivity contribution in [1.82, 2.24) is 15.2 Å². The second-order valence-electron chi connectivity index (χ2n) is 3.32. The quantitative estimate of drug-likeness (QED) is 0.763. The molecule has 1 aliphatic carbocycles. The summed E-state index contributed by atoms with van der Waals surface area (Å²) in [6.45, 7) is 1.84. The molecule has 1 aliphatic rings. The van der Waals surface area contributed by atoms with E-state index in [9.17, 15) is 4.79 Å². The van der Waals surface area contributed by atoms with Crippen LogP contribution in [-0.2, 0) is 4.79 Å². The maximum absolute atomic E-state index is 11.3. The molecule has 5 nitrogen and oxygen atoms in total. The zero-order valence-electron chi connectivity index (χ0n) is 8.63. The molecule has 2 N–H and O–H groups in total. The number of nitrogens with one attached hydrogen (secondary N) is 2. The number of hydrogen-bond acceptors (Lipinski definition) is 5. The highest BCUT2D eigenvalue weighted by Crippen LogP contribution is 2.23. The predicted molar refractivity (Wildman–Crippen MR) is 58.7 cm³/mol. The van der Waals surface area contributed by atoms with Gasteiger partial charge in [-0.15, -0.1) is 5.10 Å². The number of aromatic nitrogens is 3. The normalized spacial score (nSPS) is 16.3. The number of Topliss-reactive ketones (excluding diaryl/α,β-unsaturated/α-hetero) is 1. The minimum absolute atomic E-state index is 0.210. The van der Waals surface area contributed by atoms with E-state index >= 15 is 0 Å². The Balaban J connectivity index is 2.12. The van der Waals surface area contributed by atoms with E-state index in [0.29, 0.717) is 17.5 Å². The first kappa shape index (κ1) is 10.2. The van der Waals surface area contributed by atoms with Gasteiger partial charge in [-0.3, -0.25) is 4.79 Å². The van der Waals surface area contributed by atoms with E-state index in [0.717, 1.165) is 17.7 Å². The molecular weight excluding hydrogens is 212 g/mol. The van der Waals surface area contributed by atoms with Gasteiger partial charge < -0.3 is 5.32 Å². The number of thioether (sulfide) groups is 1. The summed E-state index contributed by atoms with van der Waals surface area (Å²) in [5.74, 6) is 0.811. The molecule has 1 aromatic heterocycles. The minimum atomic E-state index is 0.210. The van der Waals surface area contributed by atoms with Crippen molar-refractivity contribution in [3.05, 3.63) is 11.3 Å². The van der Waals surface area contributed by atoms with Gasteiger partial charge in [0.1, 0.15) is 0 Å². The Morgan fingerprint density at radius 1 is 1.47 bits per heavy atom. The smallest absolute Gasteiger partial charge is 0.223 e. The number of H-pyrrole nitrogens is 1. The lowest BCUT2D eigenvalue weighted by Gasteiger charge is -2.02. The first-order valence-corrected chi connectivity index (χ1v) is 5.89. The van der Waals surface area contributed by atoms with E-state index in [1.807, 2.05) is 13.2 Å². The van der Waals surface area contributed by atoms with Gasteiger partial charge in [0.2, 0.25) is 11.1 Å². The molecule has 0 amide bonds. The second-order valence-corrected chi connectivity index (χ2v) is 4.10. The number of carbonyl (C=O) groups excluding carboxylic acids is 1. The number of anilines is 1. The van der Waals surface area contributed by atoms with Gasteiger partial charge >= 0.3 is 0 Å². The van der Waals surface area contributed by atoms with Crippen LogP contribution >= 0.6 is 11.8 Å². The molecule has 0 radical (unpaired) electrons. The molecule has 0 unspecified atom stereocenters. The van der Waals surface area contributed by atoms with Crippen LogP contribution in [0.5, 0.6) is 0 Å².